The third kappa shape index (κ3) is 10.0. The summed E-state index contributed by atoms with van der Waals surface area (Å²) in [5, 5.41) is 3.14. The van der Waals surface area contributed by atoms with E-state index in [0.29, 0.717) is 0 Å². The molecule has 0 radical (unpaired) electrons. The van der Waals surface area contributed by atoms with E-state index in [2.05, 4.69) is 5.32 Å². The molecule has 3 atom stereocenters. The van der Waals surface area contributed by atoms with E-state index >= 15 is 0 Å². The highest BCUT2D eigenvalue weighted by Gasteiger charge is 2.44. The molecular weight excluding hydrogens is 532 g/mol. The van der Waals surface area contributed by atoms with Gasteiger partial charge in [0.1, 0.15) is 24.9 Å². The van der Waals surface area contributed by atoms with Gasteiger partial charge in [0.05, 0.1) is 6.42 Å². The lowest BCUT2D eigenvalue weighted by atomic mass is 10.0. The first-order valence-corrected chi connectivity index (χ1v) is 13.3. The van der Waals surface area contributed by atoms with Crippen molar-refractivity contribution in [1.82, 2.24) is 10.4 Å². The number of nitrogens with zero attached hydrogens (tertiary/aromatic N) is 1. The van der Waals surface area contributed by atoms with E-state index in [9.17, 15) is 24.0 Å². The maximum absolute atomic E-state index is 13.7. The summed E-state index contributed by atoms with van der Waals surface area (Å²) in [7, 11) is 0. The van der Waals surface area contributed by atoms with E-state index in [1.165, 1.54) is 6.92 Å². The number of hydrogen-bond acceptors (Lipinski definition) is 9. The van der Waals surface area contributed by atoms with Crippen LogP contribution in [0.15, 0.2) is 60.7 Å². The van der Waals surface area contributed by atoms with E-state index in [-0.39, 0.29) is 26.1 Å². The first-order valence-electron chi connectivity index (χ1n) is 13.3. The third-order valence-electron chi connectivity index (χ3n) is 5.89. The second kappa shape index (κ2) is 14.4. The molecule has 1 heterocycles. The Morgan fingerprint density at radius 3 is 1.93 bits per heavy atom. The number of rotatable bonds is 10. The van der Waals surface area contributed by atoms with Crippen molar-refractivity contribution in [1.29, 1.82) is 0 Å². The Labute approximate surface area is 239 Å². The van der Waals surface area contributed by atoms with Crippen LogP contribution in [0.4, 0.5) is 0 Å². The molecule has 2 amide bonds. The number of amides is 2. The fourth-order valence-corrected chi connectivity index (χ4v) is 4.07. The fourth-order valence-electron chi connectivity index (χ4n) is 4.07. The molecule has 0 spiro atoms. The van der Waals surface area contributed by atoms with Crippen LogP contribution in [0.2, 0.25) is 0 Å². The normalized spacial score (nSPS) is 17.6. The molecule has 2 aromatic rings. The lowest BCUT2D eigenvalue weighted by molar-refractivity contribution is -0.249. The highest BCUT2D eigenvalue weighted by molar-refractivity contribution is 5.92. The van der Waals surface area contributed by atoms with Gasteiger partial charge in [0.2, 0.25) is 5.91 Å². The maximum atomic E-state index is 13.7. The SMILES string of the molecule is CC(=O)N[C@@H](CC(=O)OC(C)(C)C)C(=O)N1O[C@@H](C(=O)OCc2ccccc2)CC[C@@H]1C(=O)OCc1ccccc1. The van der Waals surface area contributed by atoms with Gasteiger partial charge in [-0.2, -0.15) is 0 Å². The van der Waals surface area contributed by atoms with Crippen LogP contribution in [0, 0.1) is 0 Å². The van der Waals surface area contributed by atoms with Crippen LogP contribution in [0.3, 0.4) is 0 Å². The molecule has 11 heteroatoms. The van der Waals surface area contributed by atoms with Gasteiger partial charge in [0.15, 0.2) is 12.1 Å². The van der Waals surface area contributed by atoms with Gasteiger partial charge in [0.25, 0.3) is 5.91 Å². The van der Waals surface area contributed by atoms with Gasteiger partial charge in [-0.05, 0) is 44.7 Å². The molecule has 11 nitrogen and oxygen atoms in total. The van der Waals surface area contributed by atoms with Crippen LogP contribution in [-0.2, 0) is 56.2 Å². The largest absolute Gasteiger partial charge is 0.460 e. The Balaban J connectivity index is 1.79. The lowest BCUT2D eigenvalue weighted by Crippen LogP contribution is -2.58. The molecule has 1 aliphatic heterocycles. The Morgan fingerprint density at radius 2 is 1.41 bits per heavy atom. The number of ether oxygens (including phenoxy) is 3. The Bertz CT molecular complexity index is 1210. The monoisotopic (exact) mass is 568 g/mol. The summed E-state index contributed by atoms with van der Waals surface area (Å²) in [6.07, 6.45) is -1.65. The van der Waals surface area contributed by atoms with Crippen LogP contribution in [0.1, 0.15) is 58.1 Å². The summed E-state index contributed by atoms with van der Waals surface area (Å²) >= 11 is 0. The van der Waals surface area contributed by atoms with Crippen LogP contribution in [0.25, 0.3) is 0 Å². The Morgan fingerprint density at radius 1 is 0.878 bits per heavy atom. The minimum absolute atomic E-state index is 0.0107. The predicted octanol–water partition coefficient (Wildman–Crippen LogP) is 3.00. The molecule has 41 heavy (non-hydrogen) atoms. The zero-order valence-electron chi connectivity index (χ0n) is 23.7. The van der Waals surface area contributed by atoms with Crippen molar-refractivity contribution >= 4 is 29.7 Å². The van der Waals surface area contributed by atoms with Gasteiger partial charge in [-0.3, -0.25) is 19.2 Å². The van der Waals surface area contributed by atoms with E-state index in [0.717, 1.165) is 16.2 Å². The minimum Gasteiger partial charge on any atom is -0.460 e. The van der Waals surface area contributed by atoms with E-state index in [4.69, 9.17) is 19.0 Å². The van der Waals surface area contributed by atoms with Gasteiger partial charge >= 0.3 is 17.9 Å². The smallest absolute Gasteiger partial charge is 0.338 e. The lowest BCUT2D eigenvalue weighted by Gasteiger charge is -2.38. The molecule has 1 saturated heterocycles. The quantitative estimate of drug-likeness (QED) is 0.339. The molecule has 1 N–H and O–H groups in total. The van der Waals surface area contributed by atoms with E-state index in [1.54, 1.807) is 69.3 Å². The zero-order chi connectivity index (χ0) is 30.0. The molecular formula is C30H36N2O9. The second-order valence-electron chi connectivity index (χ2n) is 10.6. The molecule has 0 bridgehead atoms. The first-order chi connectivity index (χ1) is 19.4. The van der Waals surface area contributed by atoms with Crippen LogP contribution < -0.4 is 5.32 Å². The van der Waals surface area contributed by atoms with Gasteiger partial charge in [-0.15, -0.1) is 0 Å². The zero-order valence-corrected chi connectivity index (χ0v) is 23.7. The highest BCUT2D eigenvalue weighted by Crippen LogP contribution is 2.25. The molecule has 220 valence electrons. The molecule has 1 aliphatic rings. The number of carbonyl (C=O) groups excluding carboxylic acids is 5. The Hall–Kier alpha value is -4.25. The van der Waals surface area contributed by atoms with Gasteiger partial charge in [-0.25, -0.2) is 14.7 Å². The number of hydroxylamine groups is 2. The number of carbonyl (C=O) groups is 5. The Kier molecular flexibility index (Phi) is 11.0. The number of hydrogen-bond donors (Lipinski definition) is 1. The average Bonchev–Trinajstić information content (AvgIpc) is 2.93. The number of nitrogens with one attached hydrogen (secondary N) is 1. The van der Waals surface area contributed by atoms with Crippen molar-refractivity contribution < 1.29 is 43.0 Å². The predicted molar refractivity (Wildman–Crippen MR) is 145 cm³/mol. The molecule has 1 fully saturated rings. The number of esters is 3. The van der Waals surface area contributed by atoms with E-state index < -0.39 is 59.9 Å². The molecule has 0 unspecified atom stereocenters. The topological polar surface area (TPSA) is 138 Å². The summed E-state index contributed by atoms with van der Waals surface area (Å²) in [5.41, 5.74) is 0.661. The summed E-state index contributed by atoms with van der Waals surface area (Å²) in [4.78, 5) is 69.9. The van der Waals surface area contributed by atoms with Crippen LogP contribution >= 0.6 is 0 Å². The van der Waals surface area contributed by atoms with Crippen LogP contribution in [-0.4, -0.2) is 58.6 Å². The number of benzene rings is 2. The van der Waals surface area contributed by atoms with Crippen molar-refractivity contribution in [3.8, 4) is 0 Å². The fraction of sp³-hybridized carbons (Fsp3) is 0.433. The van der Waals surface area contributed by atoms with Gasteiger partial charge < -0.3 is 19.5 Å². The van der Waals surface area contributed by atoms with Crippen molar-refractivity contribution in [2.45, 2.75) is 84.0 Å². The van der Waals surface area contributed by atoms with Crippen LogP contribution in [0.5, 0.6) is 0 Å². The molecule has 0 saturated carbocycles. The standard InChI is InChI=1S/C30H36N2O9/c1-20(33)31-23(17-26(34)40-30(2,3)4)27(35)32-24(28(36)38-18-21-11-7-5-8-12-21)15-16-25(41-32)29(37)39-19-22-13-9-6-10-14-22/h5-14,23-25H,15-19H2,1-4H3,(H,31,33)/t23-,24+,25+/m0/s1. The van der Waals surface area contributed by atoms with Crippen molar-refractivity contribution in [3.63, 3.8) is 0 Å². The molecule has 3 rings (SSSR count). The van der Waals surface area contributed by atoms with Gasteiger partial charge in [-0.1, -0.05) is 60.7 Å². The average molecular weight is 569 g/mol. The molecule has 2 aromatic carbocycles. The third-order valence-corrected chi connectivity index (χ3v) is 5.89. The van der Waals surface area contributed by atoms with E-state index in [1.807, 2.05) is 12.1 Å². The van der Waals surface area contributed by atoms with Gasteiger partial charge in [0, 0.05) is 6.92 Å². The second-order valence-corrected chi connectivity index (χ2v) is 10.6. The summed E-state index contributed by atoms with van der Waals surface area (Å²) < 4.78 is 16.1. The van der Waals surface area contributed by atoms with Crippen molar-refractivity contribution in [2.75, 3.05) is 0 Å². The molecule has 0 aliphatic carbocycles. The van der Waals surface area contributed by atoms with Crippen molar-refractivity contribution in [3.05, 3.63) is 71.8 Å². The first kappa shape index (κ1) is 31.3. The minimum atomic E-state index is -1.43. The summed E-state index contributed by atoms with van der Waals surface area (Å²) in [6.45, 7) is 6.12. The van der Waals surface area contributed by atoms with Crippen molar-refractivity contribution in [2.24, 2.45) is 0 Å². The highest BCUT2D eigenvalue weighted by atomic mass is 16.7. The summed E-state index contributed by atoms with van der Waals surface area (Å²) in [6, 6.07) is 15.3. The maximum Gasteiger partial charge on any atom is 0.338 e. The summed E-state index contributed by atoms with van der Waals surface area (Å²) in [5.74, 6) is -3.74. The molecule has 0 aromatic heterocycles.